The summed E-state index contributed by atoms with van der Waals surface area (Å²) in [5, 5.41) is 12.5. The first kappa shape index (κ1) is 12.2. The first-order chi connectivity index (χ1) is 8.16. The van der Waals surface area contributed by atoms with Gasteiger partial charge in [0.05, 0.1) is 22.9 Å². The molecule has 92 valence electrons. The van der Waals surface area contributed by atoms with Crippen molar-refractivity contribution in [3.8, 4) is 0 Å². The fourth-order valence-corrected chi connectivity index (χ4v) is 2.04. The number of halogens is 1. The minimum absolute atomic E-state index is 0.199. The number of benzene rings is 1. The van der Waals surface area contributed by atoms with Crippen molar-refractivity contribution in [1.82, 2.24) is 0 Å². The molecule has 0 spiro atoms. The predicted octanol–water partition coefficient (Wildman–Crippen LogP) is 2.49. The maximum absolute atomic E-state index is 10.7. The van der Waals surface area contributed by atoms with Crippen molar-refractivity contribution >= 4 is 23.3 Å². The molecule has 0 saturated carbocycles. The van der Waals surface area contributed by atoms with Gasteiger partial charge in [0.15, 0.2) is 0 Å². The summed E-state index contributed by atoms with van der Waals surface area (Å²) in [5.41, 5.74) is 0.966. The van der Waals surface area contributed by atoms with Crippen LogP contribution in [-0.4, -0.2) is 30.8 Å². The molecule has 2 rings (SSSR count). The van der Waals surface area contributed by atoms with E-state index in [1.807, 2.05) is 0 Å². The Morgan fingerprint density at radius 2 is 2.41 bits per heavy atom. The van der Waals surface area contributed by atoms with Crippen LogP contribution in [0.3, 0.4) is 0 Å². The van der Waals surface area contributed by atoms with E-state index in [0.717, 1.165) is 31.9 Å². The Morgan fingerprint density at radius 3 is 3.00 bits per heavy atom. The van der Waals surface area contributed by atoms with Crippen molar-refractivity contribution < 1.29 is 14.6 Å². The summed E-state index contributed by atoms with van der Waals surface area (Å²) in [5.74, 6) is -0.465. The molecule has 2 N–H and O–H groups in total. The van der Waals surface area contributed by atoms with Gasteiger partial charge in [0.25, 0.3) is 0 Å². The van der Waals surface area contributed by atoms with Gasteiger partial charge in [0, 0.05) is 19.1 Å². The molecule has 1 fully saturated rings. The molecule has 0 aromatic heterocycles. The Kier molecular flexibility index (Phi) is 3.86. The fourth-order valence-electron chi connectivity index (χ4n) is 1.79. The predicted molar refractivity (Wildman–Crippen MR) is 65.8 cm³/mol. The Hall–Kier alpha value is -1.26. The van der Waals surface area contributed by atoms with E-state index in [9.17, 15) is 4.79 Å². The zero-order valence-corrected chi connectivity index (χ0v) is 10.0. The van der Waals surface area contributed by atoms with Gasteiger partial charge >= 0.3 is 5.97 Å². The van der Waals surface area contributed by atoms with E-state index in [1.165, 1.54) is 6.07 Å². The molecule has 17 heavy (non-hydrogen) atoms. The maximum atomic E-state index is 10.7. The Bertz CT molecular complexity index is 416. The van der Waals surface area contributed by atoms with Gasteiger partial charge < -0.3 is 15.2 Å². The quantitative estimate of drug-likeness (QED) is 0.868. The number of carboxylic acid groups (broad SMARTS) is 1. The van der Waals surface area contributed by atoms with Crippen molar-refractivity contribution in [2.24, 2.45) is 5.92 Å². The van der Waals surface area contributed by atoms with E-state index in [4.69, 9.17) is 21.4 Å². The largest absolute Gasteiger partial charge is 0.478 e. The van der Waals surface area contributed by atoms with Crippen LogP contribution in [0.25, 0.3) is 0 Å². The van der Waals surface area contributed by atoms with Crippen LogP contribution in [0.4, 0.5) is 5.69 Å². The first-order valence-electron chi connectivity index (χ1n) is 5.51. The number of hydrogen-bond donors (Lipinski definition) is 2. The first-order valence-corrected chi connectivity index (χ1v) is 5.89. The van der Waals surface area contributed by atoms with Gasteiger partial charge in [-0.3, -0.25) is 0 Å². The smallest absolute Gasteiger partial charge is 0.335 e. The summed E-state index contributed by atoms with van der Waals surface area (Å²) in [6, 6.07) is 4.70. The molecule has 5 heteroatoms. The molecule has 1 aliphatic heterocycles. The van der Waals surface area contributed by atoms with Gasteiger partial charge in [0.1, 0.15) is 0 Å². The lowest BCUT2D eigenvalue weighted by atomic mass is 10.1. The summed E-state index contributed by atoms with van der Waals surface area (Å²) in [4.78, 5) is 10.7. The standard InChI is InChI=1S/C12H14ClNO3/c13-10-5-9(12(15)16)1-2-11(10)14-6-8-3-4-17-7-8/h1-2,5,8,14H,3-4,6-7H2,(H,15,16). The Morgan fingerprint density at radius 1 is 1.59 bits per heavy atom. The molecule has 1 atom stereocenters. The zero-order chi connectivity index (χ0) is 12.3. The zero-order valence-electron chi connectivity index (χ0n) is 9.28. The maximum Gasteiger partial charge on any atom is 0.335 e. The molecule has 4 nitrogen and oxygen atoms in total. The highest BCUT2D eigenvalue weighted by Gasteiger charge is 2.15. The van der Waals surface area contributed by atoms with E-state index in [0.29, 0.717) is 10.9 Å². The summed E-state index contributed by atoms with van der Waals surface area (Å²) >= 11 is 6.00. The van der Waals surface area contributed by atoms with Crippen molar-refractivity contribution in [2.75, 3.05) is 25.1 Å². The second-order valence-electron chi connectivity index (χ2n) is 4.11. The number of ether oxygens (including phenoxy) is 1. The van der Waals surface area contributed by atoms with Crippen LogP contribution < -0.4 is 5.32 Å². The molecule has 1 unspecified atom stereocenters. The third-order valence-corrected chi connectivity index (χ3v) is 3.13. The minimum Gasteiger partial charge on any atom is -0.478 e. The molecule has 1 saturated heterocycles. The number of hydrogen-bond acceptors (Lipinski definition) is 3. The van der Waals surface area contributed by atoms with Crippen LogP contribution in [0.5, 0.6) is 0 Å². The normalized spacial score (nSPS) is 19.2. The van der Waals surface area contributed by atoms with Crippen LogP contribution in [0.2, 0.25) is 5.02 Å². The molecule has 1 aromatic carbocycles. The lowest BCUT2D eigenvalue weighted by Crippen LogP contribution is -2.14. The van der Waals surface area contributed by atoms with E-state index >= 15 is 0 Å². The number of aromatic carboxylic acids is 1. The minimum atomic E-state index is -0.970. The number of carboxylic acids is 1. The molecule has 1 aromatic rings. The van der Waals surface area contributed by atoms with Crippen LogP contribution in [-0.2, 0) is 4.74 Å². The van der Waals surface area contributed by atoms with E-state index < -0.39 is 5.97 Å². The summed E-state index contributed by atoms with van der Waals surface area (Å²) in [6.45, 7) is 2.39. The number of nitrogens with one attached hydrogen (secondary N) is 1. The molecule has 0 aliphatic carbocycles. The van der Waals surface area contributed by atoms with Gasteiger partial charge in [-0.2, -0.15) is 0 Å². The van der Waals surface area contributed by atoms with Crippen LogP contribution in [0.1, 0.15) is 16.8 Å². The highest BCUT2D eigenvalue weighted by atomic mass is 35.5. The fraction of sp³-hybridized carbons (Fsp3) is 0.417. The van der Waals surface area contributed by atoms with Crippen LogP contribution in [0.15, 0.2) is 18.2 Å². The highest BCUT2D eigenvalue weighted by molar-refractivity contribution is 6.33. The van der Waals surface area contributed by atoms with Gasteiger partial charge in [-0.05, 0) is 24.6 Å². The molecule has 1 aliphatic rings. The lowest BCUT2D eigenvalue weighted by Gasteiger charge is -2.12. The third-order valence-electron chi connectivity index (χ3n) is 2.82. The average molecular weight is 256 g/mol. The molecular weight excluding hydrogens is 242 g/mol. The van der Waals surface area contributed by atoms with Gasteiger partial charge in [-0.1, -0.05) is 11.6 Å². The summed E-state index contributed by atoms with van der Waals surface area (Å²) in [7, 11) is 0. The Balaban J connectivity index is 1.98. The molecule has 1 heterocycles. The molecular formula is C12H14ClNO3. The summed E-state index contributed by atoms with van der Waals surface area (Å²) in [6.07, 6.45) is 1.05. The third kappa shape index (κ3) is 3.11. The topological polar surface area (TPSA) is 58.6 Å². The van der Waals surface area contributed by atoms with Crippen LogP contribution >= 0.6 is 11.6 Å². The van der Waals surface area contributed by atoms with Crippen molar-refractivity contribution in [1.29, 1.82) is 0 Å². The van der Waals surface area contributed by atoms with E-state index in [-0.39, 0.29) is 5.56 Å². The number of anilines is 1. The second kappa shape index (κ2) is 5.38. The van der Waals surface area contributed by atoms with Gasteiger partial charge in [-0.15, -0.1) is 0 Å². The monoisotopic (exact) mass is 255 g/mol. The second-order valence-corrected chi connectivity index (χ2v) is 4.52. The summed E-state index contributed by atoms with van der Waals surface area (Å²) < 4.78 is 5.28. The van der Waals surface area contributed by atoms with Gasteiger partial charge in [-0.25, -0.2) is 4.79 Å². The van der Waals surface area contributed by atoms with Crippen molar-refractivity contribution in [2.45, 2.75) is 6.42 Å². The lowest BCUT2D eigenvalue weighted by molar-refractivity contribution is 0.0697. The highest BCUT2D eigenvalue weighted by Crippen LogP contribution is 2.24. The van der Waals surface area contributed by atoms with E-state index in [2.05, 4.69) is 5.32 Å². The molecule has 0 amide bonds. The molecule has 0 radical (unpaired) electrons. The van der Waals surface area contributed by atoms with E-state index in [1.54, 1.807) is 12.1 Å². The van der Waals surface area contributed by atoms with Crippen LogP contribution in [0, 0.1) is 5.92 Å². The molecule has 0 bridgehead atoms. The number of carbonyl (C=O) groups is 1. The Labute approximate surface area is 105 Å². The van der Waals surface area contributed by atoms with Crippen molar-refractivity contribution in [3.63, 3.8) is 0 Å². The number of rotatable bonds is 4. The SMILES string of the molecule is O=C(O)c1ccc(NCC2CCOC2)c(Cl)c1. The average Bonchev–Trinajstić information content (AvgIpc) is 2.80. The van der Waals surface area contributed by atoms with Crippen molar-refractivity contribution in [3.05, 3.63) is 28.8 Å². The van der Waals surface area contributed by atoms with Gasteiger partial charge in [0.2, 0.25) is 0 Å².